The Morgan fingerprint density at radius 1 is 0.634 bits per heavy atom. The Bertz CT molecular complexity index is 1850. The second-order valence-corrected chi connectivity index (χ2v) is 10.6. The summed E-state index contributed by atoms with van der Waals surface area (Å²) in [5, 5.41) is 2.03. The molecule has 0 saturated heterocycles. The zero-order chi connectivity index (χ0) is 28.8. The molecule has 0 N–H and O–H groups in total. The van der Waals surface area contributed by atoms with Crippen molar-refractivity contribution in [2.75, 3.05) is 0 Å². The van der Waals surface area contributed by atoms with Gasteiger partial charge in [0.25, 0.3) is 0 Å². The van der Waals surface area contributed by atoms with Crippen LogP contribution in [0.1, 0.15) is 30.5 Å². The van der Waals surface area contributed by atoms with E-state index in [1.807, 2.05) is 61.5 Å². The third-order valence-corrected chi connectivity index (χ3v) is 7.63. The molecule has 0 aliphatic heterocycles. The van der Waals surface area contributed by atoms with Crippen LogP contribution >= 0.6 is 12.1 Å². The first-order valence-electron chi connectivity index (χ1n) is 13.5. The zero-order valence-electron chi connectivity index (χ0n) is 23.3. The molecular weight excluding hydrogens is 521 g/mol. The van der Waals surface area contributed by atoms with Crippen LogP contribution < -0.4 is 0 Å². The molecule has 0 saturated carbocycles. The van der Waals surface area contributed by atoms with Gasteiger partial charge in [-0.05, 0) is 72.0 Å². The van der Waals surface area contributed by atoms with Crippen LogP contribution in [0.5, 0.6) is 0 Å². The minimum Gasteiger partial charge on any atom is -0.309 e. The number of fused-ring (bicyclic) bond motifs is 3. The lowest BCUT2D eigenvalue weighted by molar-refractivity contribution is 0.936. The van der Waals surface area contributed by atoms with Crippen LogP contribution in [0.15, 0.2) is 152 Å². The van der Waals surface area contributed by atoms with Crippen LogP contribution in [-0.2, 0) is 0 Å². The van der Waals surface area contributed by atoms with Crippen molar-refractivity contribution < 1.29 is 3.89 Å². The van der Waals surface area contributed by atoms with Crippen molar-refractivity contribution in [2.45, 2.75) is 18.7 Å². The summed E-state index contributed by atoms with van der Waals surface area (Å²) in [6.07, 6.45) is 2.13. The van der Waals surface area contributed by atoms with Crippen molar-refractivity contribution in [1.29, 1.82) is 0 Å². The fourth-order valence-corrected chi connectivity index (χ4v) is 5.43. The predicted octanol–water partition coefficient (Wildman–Crippen LogP) is 11.6. The molecule has 0 aliphatic carbocycles. The molecule has 1 heterocycles. The molecule has 0 aliphatic rings. The van der Waals surface area contributed by atoms with Gasteiger partial charge in [0, 0.05) is 16.5 Å². The lowest BCUT2D eigenvalue weighted by Gasteiger charge is -2.09. The fourth-order valence-electron chi connectivity index (χ4n) is 5.01. The molecule has 5 aromatic carbocycles. The highest BCUT2D eigenvalue weighted by atomic mass is 32.2. The molecule has 1 nitrogen and oxygen atoms in total. The van der Waals surface area contributed by atoms with Gasteiger partial charge in [-0.2, -0.15) is 3.89 Å². The van der Waals surface area contributed by atoms with E-state index < -0.39 is 0 Å². The van der Waals surface area contributed by atoms with Gasteiger partial charge in [0.15, 0.2) is 0 Å². The van der Waals surface area contributed by atoms with Crippen LogP contribution in [-0.4, -0.2) is 4.57 Å². The monoisotopic (exact) mass is 553 g/mol. The molecule has 0 unspecified atom stereocenters. The molecule has 6 aromatic rings. The van der Waals surface area contributed by atoms with Gasteiger partial charge in [0.05, 0.1) is 28.1 Å². The van der Waals surface area contributed by atoms with Gasteiger partial charge in [0.1, 0.15) is 0 Å². The fraction of sp³-hybridized carbons (Fsp3) is 0.0526. The molecule has 0 atom stereocenters. The number of hydrogen-bond acceptors (Lipinski definition) is 1. The quantitative estimate of drug-likeness (QED) is 0.186. The van der Waals surface area contributed by atoms with E-state index in [1.165, 1.54) is 16.7 Å². The van der Waals surface area contributed by atoms with Crippen LogP contribution in [0.2, 0.25) is 0 Å². The van der Waals surface area contributed by atoms with Crippen molar-refractivity contribution in [3.05, 3.63) is 163 Å². The van der Waals surface area contributed by atoms with E-state index in [4.69, 9.17) is 0 Å². The summed E-state index contributed by atoms with van der Waals surface area (Å²) in [5.41, 5.74) is 10.0. The Kier molecular flexibility index (Phi) is 8.67. The summed E-state index contributed by atoms with van der Waals surface area (Å²) in [4.78, 5) is 0.654. The average molecular weight is 554 g/mol. The van der Waals surface area contributed by atoms with Crippen LogP contribution in [0.4, 0.5) is 3.89 Å². The highest BCUT2D eigenvalue weighted by Crippen LogP contribution is 2.38. The summed E-state index contributed by atoms with van der Waals surface area (Å²) < 4.78 is 15.6. The van der Waals surface area contributed by atoms with Gasteiger partial charge < -0.3 is 4.57 Å². The number of allylic oxidation sites excluding steroid dienone is 4. The summed E-state index contributed by atoms with van der Waals surface area (Å²) in [6.45, 7) is 12.2. The Balaban J connectivity index is 0.000000175. The predicted molar refractivity (Wildman–Crippen MR) is 178 cm³/mol. The maximum absolute atomic E-state index is 13.4. The van der Waals surface area contributed by atoms with E-state index >= 15 is 0 Å². The SMILES string of the molecule is C=C(/C=C(\C)c1ccccc1)c1ccccc1.C=C(C)c1ccc(-n2c3ccccc3c3c(SF)cccc32)cc1. The molecule has 41 heavy (non-hydrogen) atoms. The molecule has 3 heteroatoms. The van der Waals surface area contributed by atoms with E-state index in [-0.39, 0.29) is 0 Å². The Morgan fingerprint density at radius 3 is 1.85 bits per heavy atom. The molecular formula is C38H32FNS. The Labute approximate surface area is 246 Å². The Morgan fingerprint density at radius 2 is 1.22 bits per heavy atom. The van der Waals surface area contributed by atoms with E-state index in [1.54, 1.807) is 0 Å². The van der Waals surface area contributed by atoms with Gasteiger partial charge >= 0.3 is 0 Å². The second kappa shape index (κ2) is 12.7. The molecule has 0 spiro atoms. The van der Waals surface area contributed by atoms with Crippen LogP contribution in [0.3, 0.4) is 0 Å². The normalized spacial score (nSPS) is 11.2. The van der Waals surface area contributed by atoms with Gasteiger partial charge in [-0.3, -0.25) is 0 Å². The number of aromatic nitrogens is 1. The summed E-state index contributed by atoms with van der Waals surface area (Å²) >= 11 is 0.303. The minimum atomic E-state index is 0.303. The number of rotatable bonds is 6. The molecule has 0 radical (unpaired) electrons. The number of benzene rings is 5. The lowest BCUT2D eigenvalue weighted by atomic mass is 10.0. The molecule has 202 valence electrons. The summed E-state index contributed by atoms with van der Waals surface area (Å²) in [6, 6.07) is 42.9. The molecule has 0 bridgehead atoms. The standard InChI is InChI=1S/C21H16FNS.C17H16/c1-14(2)15-10-12-16(13-11-15)23-18-7-4-3-6-17(18)21-19(23)8-5-9-20(21)24-22;1-14(16-9-5-3-6-10-16)13-15(2)17-11-7-4-8-12-17/h3-13H,1H2,2H3;3-13H,1H2,2H3/b;15-13+. The minimum absolute atomic E-state index is 0.303. The van der Waals surface area contributed by atoms with Gasteiger partial charge in [-0.25, -0.2) is 0 Å². The van der Waals surface area contributed by atoms with E-state index in [2.05, 4.69) is 104 Å². The molecule has 6 rings (SSSR count). The van der Waals surface area contributed by atoms with Crippen molar-refractivity contribution in [2.24, 2.45) is 0 Å². The lowest BCUT2D eigenvalue weighted by Crippen LogP contribution is -1.93. The maximum atomic E-state index is 13.4. The van der Waals surface area contributed by atoms with Crippen molar-refractivity contribution in [3.63, 3.8) is 0 Å². The zero-order valence-corrected chi connectivity index (χ0v) is 24.2. The summed E-state index contributed by atoms with van der Waals surface area (Å²) in [7, 11) is 0. The number of nitrogens with zero attached hydrogens (tertiary/aromatic N) is 1. The number of halogens is 1. The van der Waals surface area contributed by atoms with Gasteiger partial charge in [-0.1, -0.05) is 122 Å². The largest absolute Gasteiger partial charge is 0.309 e. The van der Waals surface area contributed by atoms with E-state index in [0.29, 0.717) is 17.0 Å². The number of para-hydroxylation sites is 1. The third-order valence-electron chi connectivity index (χ3n) is 7.13. The van der Waals surface area contributed by atoms with E-state index in [9.17, 15) is 3.89 Å². The first-order chi connectivity index (χ1) is 20.0. The van der Waals surface area contributed by atoms with Gasteiger partial charge in [-0.15, -0.1) is 0 Å². The van der Waals surface area contributed by atoms with Crippen molar-refractivity contribution in [1.82, 2.24) is 4.57 Å². The maximum Gasteiger partial charge on any atom is 0.0819 e. The van der Waals surface area contributed by atoms with Crippen molar-refractivity contribution in [3.8, 4) is 5.69 Å². The van der Waals surface area contributed by atoms with Crippen LogP contribution in [0.25, 0.3) is 44.2 Å². The third kappa shape index (κ3) is 6.11. The molecule has 1 aromatic heterocycles. The van der Waals surface area contributed by atoms with E-state index in [0.717, 1.165) is 44.2 Å². The average Bonchev–Trinajstić information content (AvgIpc) is 3.37. The highest BCUT2D eigenvalue weighted by Gasteiger charge is 2.15. The first-order valence-corrected chi connectivity index (χ1v) is 14.2. The van der Waals surface area contributed by atoms with Crippen molar-refractivity contribution >= 4 is 50.7 Å². The number of hydrogen-bond donors (Lipinski definition) is 0. The first kappa shape index (κ1) is 27.9. The van der Waals surface area contributed by atoms with Gasteiger partial charge in [0.2, 0.25) is 0 Å². The smallest absolute Gasteiger partial charge is 0.0819 e. The Hall–Kier alpha value is -4.60. The van der Waals surface area contributed by atoms with Crippen LogP contribution in [0, 0.1) is 0 Å². The second-order valence-electron chi connectivity index (χ2n) is 9.99. The molecule has 0 amide bonds. The highest BCUT2D eigenvalue weighted by molar-refractivity contribution is 7.94. The topological polar surface area (TPSA) is 4.93 Å². The summed E-state index contributed by atoms with van der Waals surface area (Å²) in [5.74, 6) is 0. The molecule has 0 fully saturated rings.